The van der Waals surface area contributed by atoms with E-state index in [2.05, 4.69) is 0 Å². The van der Waals surface area contributed by atoms with E-state index in [1.54, 1.807) is 24.3 Å². The number of alkyl halides is 3. The molecule has 0 spiro atoms. The number of benzene rings is 1. The zero-order valence-corrected chi connectivity index (χ0v) is 10.5. The Balaban J connectivity index is 2.37. The fraction of sp³-hybridized carbons (Fsp3) is 0.500. The summed E-state index contributed by atoms with van der Waals surface area (Å²) in [6.45, 7) is 1.84. The van der Waals surface area contributed by atoms with Crippen LogP contribution in [0.25, 0.3) is 0 Å². The lowest BCUT2D eigenvalue weighted by Gasteiger charge is -2.28. The average Bonchev–Trinajstić information content (AvgIpc) is 3.07. The van der Waals surface area contributed by atoms with Crippen molar-refractivity contribution in [3.63, 3.8) is 0 Å². The summed E-state index contributed by atoms with van der Waals surface area (Å²) >= 11 is 0. The van der Waals surface area contributed by atoms with Crippen molar-refractivity contribution in [1.82, 2.24) is 0 Å². The number of carboxylic acids is 1. The van der Waals surface area contributed by atoms with Gasteiger partial charge in [0, 0.05) is 5.92 Å². The number of rotatable bonds is 4. The molecule has 1 atom stereocenters. The molecule has 1 fully saturated rings. The van der Waals surface area contributed by atoms with E-state index in [1.807, 2.05) is 6.92 Å². The van der Waals surface area contributed by atoms with Crippen LogP contribution >= 0.6 is 0 Å². The Hall–Kier alpha value is -1.52. The summed E-state index contributed by atoms with van der Waals surface area (Å²) < 4.78 is 39.5. The second-order valence-electron chi connectivity index (χ2n) is 5.22. The first-order valence-corrected chi connectivity index (χ1v) is 6.11. The van der Waals surface area contributed by atoms with Gasteiger partial charge in [-0.1, -0.05) is 29.8 Å². The van der Waals surface area contributed by atoms with Crippen LogP contribution in [0.5, 0.6) is 0 Å². The molecule has 2 rings (SSSR count). The summed E-state index contributed by atoms with van der Waals surface area (Å²) in [6, 6.07) is 6.65. The predicted octanol–water partition coefficient (Wildman–Crippen LogP) is 3.90. The maximum atomic E-state index is 13.2. The second kappa shape index (κ2) is 4.54. The Morgan fingerprint density at radius 2 is 1.84 bits per heavy atom. The predicted molar refractivity (Wildman–Crippen MR) is 63.9 cm³/mol. The molecule has 0 heterocycles. The number of halogens is 3. The van der Waals surface area contributed by atoms with Crippen LogP contribution in [0.2, 0.25) is 0 Å². The first-order valence-electron chi connectivity index (χ1n) is 6.11. The summed E-state index contributed by atoms with van der Waals surface area (Å²) in [7, 11) is 0. The lowest BCUT2D eigenvalue weighted by atomic mass is 9.80. The third kappa shape index (κ3) is 2.60. The van der Waals surface area contributed by atoms with Gasteiger partial charge >= 0.3 is 12.1 Å². The van der Waals surface area contributed by atoms with Crippen molar-refractivity contribution in [2.75, 3.05) is 0 Å². The van der Waals surface area contributed by atoms with Gasteiger partial charge in [-0.2, -0.15) is 13.2 Å². The Morgan fingerprint density at radius 1 is 1.32 bits per heavy atom. The Labute approximate surface area is 109 Å². The van der Waals surface area contributed by atoms with Gasteiger partial charge in [0.1, 0.15) is 0 Å². The molecule has 1 saturated carbocycles. The van der Waals surface area contributed by atoms with Crippen molar-refractivity contribution < 1.29 is 23.1 Å². The molecule has 1 unspecified atom stereocenters. The number of aryl methyl sites for hydroxylation is 1. The quantitative estimate of drug-likeness (QED) is 0.902. The van der Waals surface area contributed by atoms with E-state index >= 15 is 0 Å². The fourth-order valence-corrected chi connectivity index (χ4v) is 2.57. The topological polar surface area (TPSA) is 37.3 Å². The molecule has 0 saturated heterocycles. The lowest BCUT2D eigenvalue weighted by Crippen LogP contribution is -2.32. The van der Waals surface area contributed by atoms with Crippen molar-refractivity contribution in [1.29, 1.82) is 0 Å². The van der Waals surface area contributed by atoms with Crippen LogP contribution in [-0.4, -0.2) is 17.3 Å². The van der Waals surface area contributed by atoms with Gasteiger partial charge in [0.15, 0.2) is 0 Å². The highest BCUT2D eigenvalue weighted by Gasteiger charge is 2.67. The molecule has 1 aliphatic rings. The van der Waals surface area contributed by atoms with Gasteiger partial charge in [0.25, 0.3) is 0 Å². The summed E-state index contributed by atoms with van der Waals surface area (Å²) in [5, 5.41) is 8.89. The lowest BCUT2D eigenvalue weighted by molar-refractivity contribution is -0.195. The molecule has 0 aromatic heterocycles. The molecule has 5 heteroatoms. The zero-order valence-electron chi connectivity index (χ0n) is 10.5. The maximum Gasteiger partial charge on any atom is 0.395 e. The number of hydrogen-bond acceptors (Lipinski definition) is 1. The summed E-state index contributed by atoms with van der Waals surface area (Å²) in [6.07, 6.45) is -4.80. The van der Waals surface area contributed by atoms with Crippen LogP contribution in [0, 0.1) is 12.3 Å². The third-order valence-electron chi connectivity index (χ3n) is 3.88. The van der Waals surface area contributed by atoms with E-state index in [-0.39, 0.29) is 12.8 Å². The Morgan fingerprint density at radius 3 is 2.21 bits per heavy atom. The highest BCUT2D eigenvalue weighted by atomic mass is 19.4. The molecule has 0 bridgehead atoms. The standard InChI is InChI=1S/C14H15F3O2/c1-9-2-4-10(5-3-9)11(8-12(18)19)13(6-7-13)14(15,16)17/h2-5,11H,6-8H2,1H3,(H,18,19). The maximum absolute atomic E-state index is 13.2. The van der Waals surface area contributed by atoms with Gasteiger partial charge in [0.2, 0.25) is 0 Å². The number of carboxylic acid groups (broad SMARTS) is 1. The molecule has 1 N–H and O–H groups in total. The van der Waals surface area contributed by atoms with Crippen LogP contribution in [0.4, 0.5) is 13.2 Å². The SMILES string of the molecule is Cc1ccc(C(CC(=O)O)C2(C(F)(F)F)CC2)cc1. The van der Waals surface area contributed by atoms with Gasteiger partial charge in [-0.25, -0.2) is 0 Å². The molecule has 2 nitrogen and oxygen atoms in total. The highest BCUT2D eigenvalue weighted by Crippen LogP contribution is 2.66. The molecular formula is C14H15F3O2. The molecule has 0 aliphatic heterocycles. The van der Waals surface area contributed by atoms with Crippen molar-refractivity contribution >= 4 is 5.97 Å². The molecule has 19 heavy (non-hydrogen) atoms. The first kappa shape index (κ1) is 13.9. The smallest absolute Gasteiger partial charge is 0.395 e. The second-order valence-corrected chi connectivity index (χ2v) is 5.22. The summed E-state index contributed by atoms with van der Waals surface area (Å²) in [5.41, 5.74) is -0.446. The van der Waals surface area contributed by atoms with Crippen LogP contribution in [0.3, 0.4) is 0 Å². The number of carbonyl (C=O) groups is 1. The molecular weight excluding hydrogens is 257 g/mol. The van der Waals surface area contributed by atoms with E-state index in [9.17, 15) is 18.0 Å². The molecule has 0 amide bonds. The molecule has 1 aromatic rings. The zero-order chi connectivity index (χ0) is 14.3. The van der Waals surface area contributed by atoms with E-state index in [4.69, 9.17) is 5.11 Å². The highest BCUT2D eigenvalue weighted by molar-refractivity contribution is 5.68. The Bertz CT molecular complexity index is 472. The van der Waals surface area contributed by atoms with Gasteiger partial charge in [-0.05, 0) is 25.3 Å². The van der Waals surface area contributed by atoms with Crippen LogP contribution in [-0.2, 0) is 4.79 Å². The minimum atomic E-state index is -4.35. The van der Waals surface area contributed by atoms with E-state index in [0.29, 0.717) is 5.56 Å². The van der Waals surface area contributed by atoms with E-state index < -0.39 is 29.9 Å². The van der Waals surface area contributed by atoms with Crippen LogP contribution in [0.15, 0.2) is 24.3 Å². The van der Waals surface area contributed by atoms with Crippen molar-refractivity contribution in [2.45, 2.75) is 38.3 Å². The van der Waals surface area contributed by atoms with Crippen molar-refractivity contribution in [3.05, 3.63) is 35.4 Å². The van der Waals surface area contributed by atoms with Gasteiger partial charge in [0.05, 0.1) is 11.8 Å². The molecule has 104 valence electrons. The molecule has 1 aromatic carbocycles. The minimum absolute atomic E-state index is 0.0162. The van der Waals surface area contributed by atoms with Gasteiger partial charge in [-0.15, -0.1) is 0 Å². The first-order chi connectivity index (χ1) is 8.76. The fourth-order valence-electron chi connectivity index (χ4n) is 2.57. The van der Waals surface area contributed by atoms with E-state index in [1.165, 1.54) is 0 Å². The van der Waals surface area contributed by atoms with Crippen molar-refractivity contribution in [3.8, 4) is 0 Å². The average molecular weight is 272 g/mol. The minimum Gasteiger partial charge on any atom is -0.481 e. The Kier molecular flexibility index (Phi) is 3.32. The monoisotopic (exact) mass is 272 g/mol. The molecule has 0 radical (unpaired) electrons. The summed E-state index contributed by atoms with van der Waals surface area (Å²) in [5.74, 6) is -2.19. The number of hydrogen-bond donors (Lipinski definition) is 1. The van der Waals surface area contributed by atoms with Crippen LogP contribution < -0.4 is 0 Å². The van der Waals surface area contributed by atoms with E-state index in [0.717, 1.165) is 5.56 Å². The number of aliphatic carboxylic acids is 1. The van der Waals surface area contributed by atoms with Gasteiger partial charge in [-0.3, -0.25) is 4.79 Å². The molecule has 1 aliphatic carbocycles. The summed E-state index contributed by atoms with van der Waals surface area (Å²) in [4.78, 5) is 10.9. The van der Waals surface area contributed by atoms with Crippen LogP contribution in [0.1, 0.15) is 36.3 Å². The van der Waals surface area contributed by atoms with Crippen molar-refractivity contribution in [2.24, 2.45) is 5.41 Å². The normalized spacial score (nSPS) is 18.9. The van der Waals surface area contributed by atoms with Gasteiger partial charge < -0.3 is 5.11 Å². The third-order valence-corrected chi connectivity index (χ3v) is 3.88. The largest absolute Gasteiger partial charge is 0.481 e.